The highest BCUT2D eigenvalue weighted by Gasteiger charge is 2.50. The molecular weight excluding hydrogens is 875 g/mol. The molecule has 1 fully saturated rings. The highest BCUT2D eigenvalue weighted by atomic mass is 16.6. The van der Waals surface area contributed by atoms with Gasteiger partial charge in [0.25, 0.3) is 0 Å². The number of para-hydroxylation sites is 1. The van der Waals surface area contributed by atoms with Gasteiger partial charge < -0.3 is 55.5 Å². The van der Waals surface area contributed by atoms with Crippen molar-refractivity contribution in [2.45, 2.75) is 121 Å². The molecule has 17 nitrogen and oxygen atoms in total. The fraction of sp³-hybridized carbons (Fsp3) is 0.412. The van der Waals surface area contributed by atoms with Crippen molar-refractivity contribution in [3.63, 3.8) is 0 Å². The molecule has 0 saturated carbocycles. The van der Waals surface area contributed by atoms with Crippen LogP contribution in [0.15, 0.2) is 103 Å². The Labute approximate surface area is 394 Å². The molecule has 3 aliphatic rings. The van der Waals surface area contributed by atoms with E-state index in [-0.39, 0.29) is 31.9 Å². The molecule has 7 atom stereocenters. The molecule has 360 valence electrons. The van der Waals surface area contributed by atoms with Crippen LogP contribution in [0.1, 0.15) is 76.1 Å². The van der Waals surface area contributed by atoms with Crippen LogP contribution in [0.2, 0.25) is 0 Å². The minimum Gasteiger partial charge on any atom is -0.449 e. The quantitative estimate of drug-likeness (QED) is 0.0712. The molecule has 1 saturated heterocycles. The number of benzene rings is 4. The predicted molar refractivity (Wildman–Crippen MR) is 249 cm³/mol. The van der Waals surface area contributed by atoms with Crippen molar-refractivity contribution in [1.82, 2.24) is 21.3 Å². The first-order valence-corrected chi connectivity index (χ1v) is 22.6. The average Bonchev–Trinajstić information content (AvgIpc) is 3.82. The fourth-order valence-corrected chi connectivity index (χ4v) is 8.65. The van der Waals surface area contributed by atoms with Gasteiger partial charge in [-0.05, 0) is 69.4 Å². The van der Waals surface area contributed by atoms with E-state index in [0.29, 0.717) is 11.4 Å². The number of nitrogens with zero attached hydrogens (tertiary/aromatic N) is 1. The number of hydrogen-bond acceptors (Lipinski definition) is 12. The van der Waals surface area contributed by atoms with Crippen molar-refractivity contribution in [1.29, 1.82) is 0 Å². The van der Waals surface area contributed by atoms with Crippen molar-refractivity contribution in [3.05, 3.63) is 125 Å². The molecule has 7 rings (SSSR count). The van der Waals surface area contributed by atoms with E-state index in [1.165, 1.54) is 4.58 Å². The van der Waals surface area contributed by atoms with Crippen molar-refractivity contribution in [3.8, 4) is 11.1 Å². The number of carbonyl (C=O) groups is 5. The van der Waals surface area contributed by atoms with Gasteiger partial charge in [-0.15, -0.1) is 0 Å². The van der Waals surface area contributed by atoms with Crippen LogP contribution in [-0.2, 0) is 41.5 Å². The van der Waals surface area contributed by atoms with Gasteiger partial charge in [0.05, 0.1) is 12.8 Å². The van der Waals surface area contributed by atoms with Gasteiger partial charge in [0, 0.05) is 30.6 Å². The summed E-state index contributed by atoms with van der Waals surface area (Å²) < 4.78 is 24.4. The Bertz CT molecular complexity index is 2490. The van der Waals surface area contributed by atoms with Crippen LogP contribution in [0.3, 0.4) is 0 Å². The molecule has 5 amide bonds. The van der Waals surface area contributed by atoms with Crippen LogP contribution in [0, 0.1) is 0 Å². The lowest BCUT2D eigenvalue weighted by Gasteiger charge is -2.43. The van der Waals surface area contributed by atoms with E-state index < -0.39 is 90.4 Å². The molecule has 0 aromatic heterocycles. The first-order chi connectivity index (χ1) is 32.3. The van der Waals surface area contributed by atoms with Crippen LogP contribution < -0.4 is 21.3 Å². The maximum absolute atomic E-state index is 14.7. The predicted octanol–water partition coefficient (Wildman–Crippen LogP) is 4.74. The zero-order valence-electron chi connectivity index (χ0n) is 38.9. The SMILES string of the molecule is CC(C)(C)OC(=O)NC(C(=O)N[C@@H](CC1=[N+](C(=O)OC(C)(C)C)c2ccccc2C1)C(=O)NCc1ccccc1)[C@H]1OC(CNC(=O)OCC2c3ccccc3-c3ccccc32)[C@H](O)[C@H](O)C1O. The van der Waals surface area contributed by atoms with Crippen molar-refractivity contribution < 1.29 is 62.8 Å². The monoisotopic (exact) mass is 934 g/mol. The van der Waals surface area contributed by atoms with E-state index in [1.807, 2.05) is 78.9 Å². The van der Waals surface area contributed by atoms with Gasteiger partial charge in [0.2, 0.25) is 17.5 Å². The molecular formula is C51H60N5O12+. The van der Waals surface area contributed by atoms with Crippen LogP contribution in [-0.4, -0.2) is 123 Å². The van der Waals surface area contributed by atoms with Crippen LogP contribution in [0.4, 0.5) is 20.1 Å². The van der Waals surface area contributed by atoms with Gasteiger partial charge >= 0.3 is 18.3 Å². The van der Waals surface area contributed by atoms with E-state index >= 15 is 0 Å². The summed E-state index contributed by atoms with van der Waals surface area (Å²) in [4.78, 5) is 69.4. The molecule has 17 heteroatoms. The molecule has 4 aromatic rings. The van der Waals surface area contributed by atoms with Gasteiger partial charge in [-0.1, -0.05) is 102 Å². The summed E-state index contributed by atoms with van der Waals surface area (Å²) in [7, 11) is 0. The molecule has 0 bridgehead atoms. The number of alkyl carbamates (subject to hydrolysis) is 2. The van der Waals surface area contributed by atoms with E-state index in [0.717, 1.165) is 33.4 Å². The van der Waals surface area contributed by atoms with Gasteiger partial charge in [0.15, 0.2) is 5.71 Å². The summed E-state index contributed by atoms with van der Waals surface area (Å²) in [6.45, 7) is 9.57. The fourth-order valence-electron chi connectivity index (χ4n) is 8.65. The second-order valence-corrected chi connectivity index (χ2v) is 19.1. The van der Waals surface area contributed by atoms with E-state index in [9.17, 15) is 39.3 Å². The van der Waals surface area contributed by atoms with Crippen LogP contribution in [0.25, 0.3) is 11.1 Å². The first kappa shape index (κ1) is 49.3. The zero-order chi connectivity index (χ0) is 48.9. The molecule has 2 aliphatic heterocycles. The third-order valence-corrected chi connectivity index (χ3v) is 11.7. The van der Waals surface area contributed by atoms with Gasteiger partial charge in [-0.2, -0.15) is 4.79 Å². The second-order valence-electron chi connectivity index (χ2n) is 19.1. The number of aliphatic hydroxyl groups excluding tert-OH is 3. The Balaban J connectivity index is 1.12. The number of amides is 5. The van der Waals surface area contributed by atoms with Gasteiger partial charge in [-0.25, -0.2) is 9.59 Å². The Kier molecular flexibility index (Phi) is 15.0. The first-order valence-electron chi connectivity index (χ1n) is 22.6. The number of aliphatic hydroxyl groups is 3. The van der Waals surface area contributed by atoms with E-state index in [4.69, 9.17) is 18.9 Å². The Morgan fingerprint density at radius 2 is 1.29 bits per heavy atom. The number of rotatable bonds is 13. The Hall–Kier alpha value is -6.66. The van der Waals surface area contributed by atoms with Crippen molar-refractivity contribution >= 4 is 41.5 Å². The number of carbonyl (C=O) groups excluding carboxylic acids is 5. The third kappa shape index (κ3) is 11.7. The smallest absolute Gasteiger partial charge is 0.449 e. The molecule has 7 N–H and O–H groups in total. The maximum Gasteiger partial charge on any atom is 0.602 e. The minimum atomic E-state index is -1.99. The highest BCUT2D eigenvalue weighted by Crippen LogP contribution is 2.44. The standard InChI is InChI=1S/C51H59N5O12/c1-50(2,3)67-48(63)55-40(44-43(59)42(58)41(57)39(66-44)27-53-47(62)65-28-36-34-21-13-11-19-32(34)33-20-12-14-22-35(33)36)46(61)54-37(45(60)52-26-29-16-8-7-9-17-29)25-31-24-30-18-10-15-23-38(30)56(31)49(64)68-51(4,5)6/h7-23,36-37,39-44,57-59H,24-28H2,1-6H3,(H3-,52,53,54,55,60,61,62,63)/p+1/t37-,39?,40?,41-,42-,43?,44+/m0/s1. The topological polar surface area (TPSA) is 234 Å². The van der Waals surface area contributed by atoms with Crippen LogP contribution in [0.5, 0.6) is 0 Å². The molecule has 1 aliphatic carbocycles. The summed E-state index contributed by atoms with van der Waals surface area (Å²) in [5.74, 6) is -1.95. The van der Waals surface area contributed by atoms with Crippen molar-refractivity contribution in [2.75, 3.05) is 13.2 Å². The molecule has 0 radical (unpaired) electrons. The Morgan fingerprint density at radius 3 is 1.94 bits per heavy atom. The Morgan fingerprint density at radius 1 is 0.691 bits per heavy atom. The summed E-state index contributed by atoms with van der Waals surface area (Å²) in [5, 5.41) is 44.3. The lowest BCUT2D eigenvalue weighted by molar-refractivity contribution is -0.362. The minimum absolute atomic E-state index is 0.0131. The second kappa shape index (κ2) is 20.7. The summed E-state index contributed by atoms with van der Waals surface area (Å²) >= 11 is 0. The molecule has 0 spiro atoms. The van der Waals surface area contributed by atoms with E-state index in [1.54, 1.807) is 65.8 Å². The lowest BCUT2D eigenvalue weighted by atomic mass is 9.90. The van der Waals surface area contributed by atoms with Crippen molar-refractivity contribution in [2.24, 2.45) is 0 Å². The molecule has 3 unspecified atom stereocenters. The normalized spacial score (nSPS) is 20.8. The number of fused-ring (bicyclic) bond motifs is 4. The van der Waals surface area contributed by atoms with Gasteiger partial charge in [0.1, 0.15) is 60.4 Å². The largest absolute Gasteiger partial charge is 0.602 e. The maximum atomic E-state index is 14.7. The molecule has 4 aromatic carbocycles. The van der Waals surface area contributed by atoms with E-state index in [2.05, 4.69) is 21.3 Å². The number of ether oxygens (including phenoxy) is 4. The van der Waals surface area contributed by atoms with Gasteiger partial charge in [-0.3, -0.25) is 9.59 Å². The summed E-state index contributed by atoms with van der Waals surface area (Å²) in [5.41, 5.74) is 4.65. The van der Waals surface area contributed by atoms with Crippen LogP contribution >= 0.6 is 0 Å². The number of hydrogen-bond donors (Lipinski definition) is 7. The number of nitrogens with one attached hydrogen (secondary N) is 4. The molecule has 2 heterocycles. The zero-order valence-corrected chi connectivity index (χ0v) is 38.9. The molecule has 68 heavy (non-hydrogen) atoms. The lowest BCUT2D eigenvalue weighted by Crippen LogP contribution is -2.68. The average molecular weight is 935 g/mol. The summed E-state index contributed by atoms with van der Waals surface area (Å²) in [6.07, 6.45) is -11.6. The summed E-state index contributed by atoms with van der Waals surface area (Å²) in [6, 6.07) is 28.6. The highest BCUT2D eigenvalue weighted by molar-refractivity contribution is 5.98. The third-order valence-electron chi connectivity index (χ3n) is 11.7.